The maximum atomic E-state index is 12.5. The van der Waals surface area contributed by atoms with Gasteiger partial charge in [0.05, 0.1) is 17.7 Å². The standard InChI is InChI=1S/C18H14Cl2N6O/c1-10(23-18(27)13-6-14(19)8-15(20)7-13)17-24-11(2)25-26(17)16-5-12(9-21)3-4-22-16/h3-8,10H,1-2H3,(H,23,27)/t10-/m0/s1. The Morgan fingerprint density at radius 2 is 1.96 bits per heavy atom. The van der Waals surface area contributed by atoms with Gasteiger partial charge in [-0.05, 0) is 38.1 Å². The van der Waals surface area contributed by atoms with Crippen molar-refractivity contribution >= 4 is 29.1 Å². The van der Waals surface area contributed by atoms with E-state index in [1.54, 1.807) is 32.0 Å². The lowest BCUT2D eigenvalue weighted by molar-refractivity contribution is 0.0938. The van der Waals surface area contributed by atoms with Crippen LogP contribution in [-0.2, 0) is 0 Å². The van der Waals surface area contributed by atoms with E-state index < -0.39 is 6.04 Å². The summed E-state index contributed by atoms with van der Waals surface area (Å²) in [6, 6.07) is 9.39. The quantitative estimate of drug-likeness (QED) is 0.720. The summed E-state index contributed by atoms with van der Waals surface area (Å²) in [5.74, 6) is 1.09. The summed E-state index contributed by atoms with van der Waals surface area (Å²) in [5.41, 5.74) is 0.788. The van der Waals surface area contributed by atoms with Crippen molar-refractivity contribution in [2.45, 2.75) is 19.9 Å². The predicted molar refractivity (Wildman–Crippen MR) is 101 cm³/mol. The second kappa shape index (κ2) is 7.74. The van der Waals surface area contributed by atoms with E-state index in [1.807, 2.05) is 0 Å². The molecule has 0 radical (unpaired) electrons. The number of aryl methyl sites for hydroxylation is 1. The number of carbonyl (C=O) groups is 1. The van der Waals surface area contributed by atoms with Gasteiger partial charge in [0.25, 0.3) is 5.91 Å². The number of hydrogen-bond acceptors (Lipinski definition) is 5. The summed E-state index contributed by atoms with van der Waals surface area (Å²) in [7, 11) is 0. The smallest absolute Gasteiger partial charge is 0.251 e. The third-order valence-electron chi connectivity index (χ3n) is 3.69. The number of hydrogen-bond donors (Lipinski definition) is 1. The number of halogens is 2. The van der Waals surface area contributed by atoms with Gasteiger partial charge in [0.15, 0.2) is 11.6 Å². The van der Waals surface area contributed by atoms with Gasteiger partial charge in [-0.25, -0.2) is 9.97 Å². The number of nitriles is 1. The van der Waals surface area contributed by atoms with Gasteiger partial charge in [0, 0.05) is 27.9 Å². The van der Waals surface area contributed by atoms with E-state index in [0.29, 0.717) is 38.6 Å². The molecule has 0 aliphatic carbocycles. The molecule has 0 aliphatic rings. The summed E-state index contributed by atoms with van der Waals surface area (Å²) in [6.45, 7) is 3.51. The van der Waals surface area contributed by atoms with Crippen LogP contribution in [0.4, 0.5) is 0 Å². The van der Waals surface area contributed by atoms with Gasteiger partial charge in [-0.2, -0.15) is 9.94 Å². The third kappa shape index (κ3) is 4.25. The first-order valence-electron chi connectivity index (χ1n) is 7.94. The zero-order chi connectivity index (χ0) is 19.6. The van der Waals surface area contributed by atoms with E-state index in [1.165, 1.54) is 23.0 Å². The van der Waals surface area contributed by atoms with Crippen molar-refractivity contribution in [1.82, 2.24) is 25.1 Å². The van der Waals surface area contributed by atoms with Gasteiger partial charge in [-0.3, -0.25) is 4.79 Å². The molecule has 0 unspecified atom stereocenters. The molecule has 0 saturated heterocycles. The van der Waals surface area contributed by atoms with Gasteiger partial charge < -0.3 is 5.32 Å². The Morgan fingerprint density at radius 1 is 1.26 bits per heavy atom. The Balaban J connectivity index is 1.90. The molecular formula is C18H14Cl2N6O. The van der Waals surface area contributed by atoms with Gasteiger partial charge in [0.2, 0.25) is 0 Å². The van der Waals surface area contributed by atoms with Crippen molar-refractivity contribution in [1.29, 1.82) is 5.26 Å². The largest absolute Gasteiger partial charge is 0.342 e. The zero-order valence-electron chi connectivity index (χ0n) is 14.4. The maximum Gasteiger partial charge on any atom is 0.251 e. The van der Waals surface area contributed by atoms with Crippen molar-refractivity contribution in [3.8, 4) is 11.9 Å². The Hall–Kier alpha value is -2.95. The van der Waals surface area contributed by atoms with Crippen LogP contribution in [0.15, 0.2) is 36.5 Å². The monoisotopic (exact) mass is 400 g/mol. The fourth-order valence-corrected chi connectivity index (χ4v) is 3.04. The Morgan fingerprint density at radius 3 is 2.63 bits per heavy atom. The summed E-state index contributed by atoms with van der Waals surface area (Å²) in [6.07, 6.45) is 1.52. The lowest BCUT2D eigenvalue weighted by Crippen LogP contribution is -2.28. The molecule has 0 saturated carbocycles. The Kier molecular flexibility index (Phi) is 5.40. The molecule has 1 N–H and O–H groups in total. The van der Waals surface area contributed by atoms with Crippen molar-refractivity contribution < 1.29 is 4.79 Å². The minimum Gasteiger partial charge on any atom is -0.342 e. The summed E-state index contributed by atoms with van der Waals surface area (Å²) < 4.78 is 1.51. The van der Waals surface area contributed by atoms with Gasteiger partial charge in [0.1, 0.15) is 5.82 Å². The zero-order valence-corrected chi connectivity index (χ0v) is 16.0. The lowest BCUT2D eigenvalue weighted by atomic mass is 10.2. The number of benzene rings is 1. The molecule has 0 fully saturated rings. The maximum absolute atomic E-state index is 12.5. The molecule has 3 aromatic rings. The highest BCUT2D eigenvalue weighted by Gasteiger charge is 2.20. The minimum atomic E-state index is -0.482. The molecule has 0 spiro atoms. The highest BCUT2D eigenvalue weighted by atomic mass is 35.5. The van der Waals surface area contributed by atoms with E-state index in [0.717, 1.165) is 0 Å². The van der Waals surface area contributed by atoms with Crippen LogP contribution < -0.4 is 5.32 Å². The number of aromatic nitrogens is 4. The molecule has 0 bridgehead atoms. The molecule has 1 aromatic carbocycles. The molecule has 3 rings (SSSR count). The van der Waals surface area contributed by atoms with Crippen LogP contribution in [0.2, 0.25) is 10.0 Å². The highest BCUT2D eigenvalue weighted by Crippen LogP contribution is 2.20. The summed E-state index contributed by atoms with van der Waals surface area (Å²) in [5, 5.41) is 17.0. The van der Waals surface area contributed by atoms with Crippen molar-refractivity contribution in [2.24, 2.45) is 0 Å². The summed E-state index contributed by atoms with van der Waals surface area (Å²) >= 11 is 11.9. The third-order valence-corrected chi connectivity index (χ3v) is 4.13. The van der Waals surface area contributed by atoms with E-state index in [2.05, 4.69) is 26.5 Å². The normalized spacial score (nSPS) is 11.7. The highest BCUT2D eigenvalue weighted by molar-refractivity contribution is 6.35. The van der Waals surface area contributed by atoms with Gasteiger partial charge >= 0.3 is 0 Å². The molecule has 1 atom stereocenters. The van der Waals surface area contributed by atoms with Crippen molar-refractivity contribution in [3.63, 3.8) is 0 Å². The number of rotatable bonds is 4. The van der Waals surface area contributed by atoms with Crippen molar-refractivity contribution in [2.75, 3.05) is 0 Å². The Bertz CT molecular complexity index is 1040. The lowest BCUT2D eigenvalue weighted by Gasteiger charge is -2.14. The second-order valence-corrected chi connectivity index (χ2v) is 6.67. The predicted octanol–water partition coefficient (Wildman–Crippen LogP) is 3.64. The average Bonchev–Trinajstić information content (AvgIpc) is 3.03. The van der Waals surface area contributed by atoms with Gasteiger partial charge in [-0.15, -0.1) is 5.10 Å². The molecule has 0 aliphatic heterocycles. The van der Waals surface area contributed by atoms with Crippen LogP contribution in [0.1, 0.15) is 40.5 Å². The number of nitrogens with zero attached hydrogens (tertiary/aromatic N) is 5. The SMILES string of the molecule is Cc1nc([C@H](C)NC(=O)c2cc(Cl)cc(Cl)c2)n(-c2cc(C#N)ccn2)n1. The fraction of sp³-hybridized carbons (Fsp3) is 0.167. The molecule has 7 nitrogen and oxygen atoms in total. The first-order chi connectivity index (χ1) is 12.9. The molecule has 27 heavy (non-hydrogen) atoms. The molecule has 9 heteroatoms. The number of pyridine rings is 1. The first-order valence-corrected chi connectivity index (χ1v) is 8.70. The fourth-order valence-electron chi connectivity index (χ4n) is 2.51. The van der Waals surface area contributed by atoms with Gasteiger partial charge in [-0.1, -0.05) is 23.2 Å². The van der Waals surface area contributed by atoms with E-state index >= 15 is 0 Å². The summed E-state index contributed by atoms with van der Waals surface area (Å²) in [4.78, 5) is 21.2. The van der Waals surface area contributed by atoms with E-state index in [-0.39, 0.29) is 5.91 Å². The molecule has 1 amide bonds. The molecule has 136 valence electrons. The number of amides is 1. The van der Waals surface area contributed by atoms with Crippen LogP contribution in [0, 0.1) is 18.3 Å². The van der Waals surface area contributed by atoms with Crippen LogP contribution in [-0.4, -0.2) is 25.7 Å². The van der Waals surface area contributed by atoms with E-state index in [4.69, 9.17) is 28.5 Å². The van der Waals surface area contributed by atoms with E-state index in [9.17, 15) is 4.79 Å². The van der Waals surface area contributed by atoms with Crippen LogP contribution in [0.3, 0.4) is 0 Å². The topological polar surface area (TPSA) is 96.5 Å². The molecule has 2 heterocycles. The first kappa shape index (κ1) is 18.8. The van der Waals surface area contributed by atoms with Crippen LogP contribution in [0.5, 0.6) is 0 Å². The molecule has 2 aromatic heterocycles. The number of carbonyl (C=O) groups excluding carboxylic acids is 1. The number of nitrogens with one attached hydrogen (secondary N) is 1. The second-order valence-electron chi connectivity index (χ2n) is 5.80. The van der Waals surface area contributed by atoms with Crippen molar-refractivity contribution in [3.05, 3.63) is 69.3 Å². The van der Waals surface area contributed by atoms with Crippen LogP contribution in [0.25, 0.3) is 5.82 Å². The average molecular weight is 401 g/mol. The van der Waals surface area contributed by atoms with Crippen LogP contribution >= 0.6 is 23.2 Å². The molecular weight excluding hydrogens is 387 g/mol. The Labute approximate surface area is 165 Å². The minimum absolute atomic E-state index is 0.340.